The standard InChI is InChI=1S/C17H23NO2/c1-5-6-9-18-11-14(16(19)20)13-10-12(17(2,3)4)7-8-15(13)18/h7-8,10-11H,5-6,9H2,1-4H3,(H,19,20). The van der Waals surface area contributed by atoms with Crippen molar-refractivity contribution in [3.05, 3.63) is 35.5 Å². The lowest BCUT2D eigenvalue weighted by molar-refractivity contribution is 0.0698. The molecule has 0 aliphatic carbocycles. The smallest absolute Gasteiger partial charge is 0.337 e. The molecule has 1 heterocycles. The van der Waals surface area contributed by atoms with Gasteiger partial charge >= 0.3 is 5.97 Å². The van der Waals surface area contributed by atoms with Gasteiger partial charge in [-0.2, -0.15) is 0 Å². The predicted octanol–water partition coefficient (Wildman–Crippen LogP) is 4.44. The largest absolute Gasteiger partial charge is 0.478 e. The van der Waals surface area contributed by atoms with Crippen LogP contribution in [-0.4, -0.2) is 15.6 Å². The summed E-state index contributed by atoms with van der Waals surface area (Å²) in [6.07, 6.45) is 3.93. The summed E-state index contributed by atoms with van der Waals surface area (Å²) < 4.78 is 2.06. The van der Waals surface area contributed by atoms with Crippen LogP contribution in [0.15, 0.2) is 24.4 Å². The first-order valence-corrected chi connectivity index (χ1v) is 7.21. The van der Waals surface area contributed by atoms with Crippen LogP contribution in [0.1, 0.15) is 56.5 Å². The number of nitrogens with zero attached hydrogens (tertiary/aromatic N) is 1. The Labute approximate surface area is 120 Å². The average molecular weight is 273 g/mol. The Morgan fingerprint density at radius 2 is 2.00 bits per heavy atom. The summed E-state index contributed by atoms with van der Waals surface area (Å²) in [4.78, 5) is 11.4. The van der Waals surface area contributed by atoms with Gasteiger partial charge in [0.25, 0.3) is 0 Å². The van der Waals surface area contributed by atoms with Crippen LogP contribution in [0.4, 0.5) is 0 Å². The molecule has 2 aromatic rings. The highest BCUT2D eigenvalue weighted by molar-refractivity contribution is 6.03. The summed E-state index contributed by atoms with van der Waals surface area (Å²) in [5, 5.41) is 10.3. The summed E-state index contributed by atoms with van der Waals surface area (Å²) in [7, 11) is 0. The quantitative estimate of drug-likeness (QED) is 0.895. The highest BCUT2D eigenvalue weighted by Gasteiger charge is 2.18. The van der Waals surface area contributed by atoms with Crippen LogP contribution in [0.3, 0.4) is 0 Å². The van der Waals surface area contributed by atoms with Gasteiger partial charge in [-0.25, -0.2) is 4.79 Å². The Bertz CT molecular complexity index is 632. The van der Waals surface area contributed by atoms with Gasteiger partial charge in [0.2, 0.25) is 0 Å². The van der Waals surface area contributed by atoms with E-state index in [1.165, 1.54) is 5.56 Å². The van der Waals surface area contributed by atoms with Crippen LogP contribution in [0.25, 0.3) is 10.9 Å². The number of aromatic nitrogens is 1. The number of unbranched alkanes of at least 4 members (excludes halogenated alkanes) is 1. The molecule has 0 amide bonds. The number of hydrogen-bond acceptors (Lipinski definition) is 1. The Hall–Kier alpha value is -1.77. The van der Waals surface area contributed by atoms with Crippen molar-refractivity contribution in [3.8, 4) is 0 Å². The number of carbonyl (C=O) groups is 1. The van der Waals surface area contributed by atoms with Gasteiger partial charge in [0.05, 0.1) is 5.56 Å². The van der Waals surface area contributed by atoms with E-state index in [0.717, 1.165) is 30.3 Å². The first-order chi connectivity index (χ1) is 9.34. The topological polar surface area (TPSA) is 42.2 Å². The third kappa shape index (κ3) is 2.72. The molecule has 0 unspecified atom stereocenters. The van der Waals surface area contributed by atoms with E-state index in [4.69, 9.17) is 0 Å². The Morgan fingerprint density at radius 3 is 2.55 bits per heavy atom. The fourth-order valence-electron chi connectivity index (χ4n) is 2.45. The first-order valence-electron chi connectivity index (χ1n) is 7.21. The highest BCUT2D eigenvalue weighted by Crippen LogP contribution is 2.29. The fraction of sp³-hybridized carbons (Fsp3) is 0.471. The lowest BCUT2D eigenvalue weighted by Gasteiger charge is -2.19. The molecule has 1 aromatic carbocycles. The lowest BCUT2D eigenvalue weighted by atomic mass is 9.86. The molecule has 108 valence electrons. The van der Waals surface area contributed by atoms with E-state index in [1.807, 2.05) is 6.07 Å². The molecule has 1 N–H and O–H groups in total. The van der Waals surface area contributed by atoms with Crippen molar-refractivity contribution in [2.75, 3.05) is 0 Å². The van der Waals surface area contributed by atoms with Gasteiger partial charge < -0.3 is 9.67 Å². The van der Waals surface area contributed by atoms with E-state index in [1.54, 1.807) is 6.20 Å². The van der Waals surface area contributed by atoms with E-state index in [0.29, 0.717) is 5.56 Å². The summed E-state index contributed by atoms with van der Waals surface area (Å²) in [6.45, 7) is 9.44. The molecule has 3 nitrogen and oxygen atoms in total. The second-order valence-electron chi connectivity index (χ2n) is 6.38. The summed E-state index contributed by atoms with van der Waals surface area (Å²) in [5.41, 5.74) is 2.61. The Balaban J connectivity index is 2.61. The maximum absolute atomic E-state index is 11.4. The first kappa shape index (κ1) is 14.6. The van der Waals surface area contributed by atoms with Crippen LogP contribution in [-0.2, 0) is 12.0 Å². The van der Waals surface area contributed by atoms with Crippen LogP contribution < -0.4 is 0 Å². The van der Waals surface area contributed by atoms with Gasteiger partial charge in [0, 0.05) is 23.6 Å². The molecule has 0 aliphatic rings. The van der Waals surface area contributed by atoms with Gasteiger partial charge in [-0.15, -0.1) is 0 Å². The number of aryl methyl sites for hydroxylation is 1. The van der Waals surface area contributed by atoms with Gasteiger partial charge in [-0.1, -0.05) is 40.2 Å². The molecular formula is C17H23NO2. The number of rotatable bonds is 4. The van der Waals surface area contributed by atoms with Crippen molar-refractivity contribution in [1.82, 2.24) is 4.57 Å². The van der Waals surface area contributed by atoms with Crippen LogP contribution in [0.2, 0.25) is 0 Å². The minimum Gasteiger partial charge on any atom is -0.478 e. The molecular weight excluding hydrogens is 250 g/mol. The molecule has 0 saturated heterocycles. The minimum atomic E-state index is -0.851. The summed E-state index contributed by atoms with van der Waals surface area (Å²) in [6, 6.07) is 6.19. The van der Waals surface area contributed by atoms with Crippen molar-refractivity contribution in [1.29, 1.82) is 0 Å². The van der Waals surface area contributed by atoms with Crippen LogP contribution >= 0.6 is 0 Å². The maximum Gasteiger partial charge on any atom is 0.337 e. The second-order valence-corrected chi connectivity index (χ2v) is 6.38. The lowest BCUT2D eigenvalue weighted by Crippen LogP contribution is -2.10. The van der Waals surface area contributed by atoms with Crippen LogP contribution in [0.5, 0.6) is 0 Å². The van der Waals surface area contributed by atoms with Crippen molar-refractivity contribution in [2.45, 2.75) is 52.5 Å². The second kappa shape index (κ2) is 5.31. The van der Waals surface area contributed by atoms with Crippen molar-refractivity contribution < 1.29 is 9.90 Å². The molecule has 0 radical (unpaired) electrons. The minimum absolute atomic E-state index is 0.0233. The molecule has 3 heteroatoms. The third-order valence-electron chi connectivity index (χ3n) is 3.73. The fourth-order valence-corrected chi connectivity index (χ4v) is 2.45. The number of fused-ring (bicyclic) bond motifs is 1. The number of benzene rings is 1. The van der Waals surface area contributed by atoms with Gasteiger partial charge in [-0.05, 0) is 29.5 Å². The average Bonchev–Trinajstić information content (AvgIpc) is 2.73. The zero-order valence-electron chi connectivity index (χ0n) is 12.7. The predicted molar refractivity (Wildman–Crippen MR) is 82.5 cm³/mol. The van der Waals surface area contributed by atoms with Crippen molar-refractivity contribution in [2.24, 2.45) is 0 Å². The molecule has 0 bridgehead atoms. The number of carboxylic acids is 1. The Kier molecular flexibility index (Phi) is 3.89. The van der Waals surface area contributed by atoms with E-state index in [-0.39, 0.29) is 5.41 Å². The molecule has 0 atom stereocenters. The third-order valence-corrected chi connectivity index (χ3v) is 3.73. The van der Waals surface area contributed by atoms with Gasteiger partial charge in [0.15, 0.2) is 0 Å². The van der Waals surface area contributed by atoms with E-state index in [2.05, 4.69) is 44.4 Å². The number of carboxylic acid groups (broad SMARTS) is 1. The molecule has 1 aromatic heterocycles. The number of hydrogen-bond donors (Lipinski definition) is 1. The molecule has 0 fully saturated rings. The molecule has 2 rings (SSSR count). The monoisotopic (exact) mass is 273 g/mol. The highest BCUT2D eigenvalue weighted by atomic mass is 16.4. The van der Waals surface area contributed by atoms with E-state index in [9.17, 15) is 9.90 Å². The van der Waals surface area contributed by atoms with E-state index >= 15 is 0 Å². The zero-order valence-corrected chi connectivity index (χ0v) is 12.7. The van der Waals surface area contributed by atoms with Gasteiger partial charge in [0.1, 0.15) is 0 Å². The molecule has 0 spiro atoms. The maximum atomic E-state index is 11.4. The zero-order chi connectivity index (χ0) is 14.9. The summed E-state index contributed by atoms with van der Waals surface area (Å²) >= 11 is 0. The van der Waals surface area contributed by atoms with Crippen molar-refractivity contribution in [3.63, 3.8) is 0 Å². The Morgan fingerprint density at radius 1 is 1.30 bits per heavy atom. The van der Waals surface area contributed by atoms with E-state index < -0.39 is 5.97 Å². The van der Waals surface area contributed by atoms with Crippen molar-refractivity contribution >= 4 is 16.9 Å². The normalized spacial score (nSPS) is 12.0. The number of aromatic carboxylic acids is 1. The summed E-state index contributed by atoms with van der Waals surface area (Å²) in [5.74, 6) is -0.851. The molecule has 0 aliphatic heterocycles. The molecule has 0 saturated carbocycles. The van der Waals surface area contributed by atoms with Gasteiger partial charge in [-0.3, -0.25) is 0 Å². The van der Waals surface area contributed by atoms with Crippen LogP contribution in [0, 0.1) is 0 Å². The SMILES string of the molecule is CCCCn1cc(C(=O)O)c2cc(C(C)(C)C)ccc21. The molecule has 20 heavy (non-hydrogen) atoms.